The second-order valence-electron chi connectivity index (χ2n) is 7.01. The molecule has 4 rings (SSSR count). The van der Waals surface area contributed by atoms with Crippen molar-refractivity contribution >= 4 is 35.0 Å². The van der Waals surface area contributed by atoms with Crippen LogP contribution < -0.4 is 10.1 Å². The summed E-state index contributed by atoms with van der Waals surface area (Å²) in [6, 6.07) is 18.5. The summed E-state index contributed by atoms with van der Waals surface area (Å²) >= 11 is 7.18. The van der Waals surface area contributed by atoms with Gasteiger partial charge in [-0.25, -0.2) is 0 Å². The second kappa shape index (κ2) is 10.4. The fraction of sp³-hybridized carbons (Fsp3) is 0.174. The highest BCUT2D eigenvalue weighted by molar-refractivity contribution is 7.99. The van der Waals surface area contributed by atoms with Crippen LogP contribution in [0.2, 0.25) is 5.02 Å². The van der Waals surface area contributed by atoms with Crippen LogP contribution >= 0.6 is 23.4 Å². The number of hydrogen-bond donors (Lipinski definition) is 1. The molecule has 9 heteroatoms. The molecule has 2 aromatic heterocycles. The van der Waals surface area contributed by atoms with Crippen molar-refractivity contribution in [2.75, 3.05) is 11.1 Å². The number of rotatable bonds is 9. The lowest BCUT2D eigenvalue weighted by atomic mass is 10.2. The van der Waals surface area contributed by atoms with Gasteiger partial charge in [0.2, 0.25) is 5.91 Å². The van der Waals surface area contributed by atoms with Crippen molar-refractivity contribution in [3.8, 4) is 5.75 Å². The molecule has 2 heterocycles. The number of benzene rings is 2. The molecule has 0 spiro atoms. The molecule has 1 amide bonds. The first-order valence-electron chi connectivity index (χ1n) is 9.89. The van der Waals surface area contributed by atoms with Crippen LogP contribution in [0.3, 0.4) is 0 Å². The van der Waals surface area contributed by atoms with E-state index < -0.39 is 0 Å². The molecule has 0 aliphatic rings. The van der Waals surface area contributed by atoms with Crippen molar-refractivity contribution in [1.82, 2.24) is 14.8 Å². The quantitative estimate of drug-likeness (QED) is 0.340. The number of anilines is 1. The molecular weight excluding hydrogens is 448 g/mol. The molecule has 32 heavy (non-hydrogen) atoms. The number of carbonyl (C=O) groups is 1. The lowest BCUT2D eigenvalue weighted by Gasteiger charge is -2.10. The normalized spacial score (nSPS) is 10.8. The minimum Gasteiger partial charge on any atom is -0.486 e. The van der Waals surface area contributed by atoms with Crippen LogP contribution in [0.1, 0.15) is 17.1 Å². The molecule has 7 nitrogen and oxygen atoms in total. The largest absolute Gasteiger partial charge is 0.486 e. The van der Waals surface area contributed by atoms with Crippen LogP contribution in [0.25, 0.3) is 0 Å². The average Bonchev–Trinajstić information content (AvgIpc) is 3.44. The zero-order valence-electron chi connectivity index (χ0n) is 17.3. The van der Waals surface area contributed by atoms with Gasteiger partial charge in [-0.15, -0.1) is 10.2 Å². The van der Waals surface area contributed by atoms with Crippen LogP contribution in [0.15, 0.2) is 76.5 Å². The summed E-state index contributed by atoms with van der Waals surface area (Å²) < 4.78 is 13.3. The summed E-state index contributed by atoms with van der Waals surface area (Å²) in [4.78, 5) is 12.4. The minimum atomic E-state index is -0.151. The van der Waals surface area contributed by atoms with Crippen molar-refractivity contribution in [3.63, 3.8) is 0 Å². The molecule has 0 saturated heterocycles. The fourth-order valence-corrected chi connectivity index (χ4v) is 3.78. The van der Waals surface area contributed by atoms with Gasteiger partial charge in [0.1, 0.15) is 18.1 Å². The van der Waals surface area contributed by atoms with Crippen LogP contribution in [-0.4, -0.2) is 26.4 Å². The van der Waals surface area contributed by atoms with E-state index in [1.54, 1.807) is 30.5 Å². The van der Waals surface area contributed by atoms with Crippen molar-refractivity contribution in [1.29, 1.82) is 0 Å². The fourth-order valence-electron chi connectivity index (χ4n) is 2.89. The predicted octanol–water partition coefficient (Wildman–Crippen LogP) is 5.19. The number of hydrogen-bond acceptors (Lipinski definition) is 6. The second-order valence-corrected chi connectivity index (χ2v) is 8.39. The first kappa shape index (κ1) is 22.0. The zero-order chi connectivity index (χ0) is 22.3. The molecule has 0 unspecified atom stereocenters. The molecule has 4 aromatic rings. The van der Waals surface area contributed by atoms with Gasteiger partial charge in [0.25, 0.3) is 0 Å². The monoisotopic (exact) mass is 468 g/mol. The molecule has 0 aliphatic heterocycles. The van der Waals surface area contributed by atoms with E-state index in [4.69, 9.17) is 20.8 Å². The Morgan fingerprint density at radius 3 is 2.62 bits per heavy atom. The topological polar surface area (TPSA) is 82.2 Å². The standard InChI is InChI=1S/C23H21ClN4O3S/c1-16-4-10-19(11-5-16)31-14-21-26-27-23(28(21)13-20-3-2-12-30-20)32-15-22(29)25-18-8-6-17(24)7-9-18/h2-12H,13-15H2,1H3,(H,25,29). The number of nitrogens with one attached hydrogen (secondary N) is 1. The first-order chi connectivity index (χ1) is 15.6. The number of furan rings is 1. The number of nitrogens with zero attached hydrogens (tertiary/aromatic N) is 3. The Bertz CT molecular complexity index is 1160. The summed E-state index contributed by atoms with van der Waals surface area (Å²) in [5, 5.41) is 12.6. The molecule has 0 aliphatic carbocycles. The third-order valence-electron chi connectivity index (χ3n) is 4.54. The highest BCUT2D eigenvalue weighted by atomic mass is 35.5. The number of aryl methyl sites for hydroxylation is 1. The zero-order valence-corrected chi connectivity index (χ0v) is 18.9. The maximum Gasteiger partial charge on any atom is 0.234 e. The van der Waals surface area contributed by atoms with Crippen molar-refractivity contribution in [2.24, 2.45) is 0 Å². The van der Waals surface area contributed by atoms with Gasteiger partial charge in [-0.1, -0.05) is 41.1 Å². The summed E-state index contributed by atoms with van der Waals surface area (Å²) in [5.74, 6) is 2.18. The van der Waals surface area contributed by atoms with Gasteiger partial charge in [0, 0.05) is 10.7 Å². The van der Waals surface area contributed by atoms with Gasteiger partial charge in [0.05, 0.1) is 18.6 Å². The van der Waals surface area contributed by atoms with E-state index in [0.717, 1.165) is 17.1 Å². The number of thioether (sulfide) groups is 1. The number of ether oxygens (including phenoxy) is 1. The molecule has 0 atom stereocenters. The Morgan fingerprint density at radius 1 is 1.12 bits per heavy atom. The summed E-state index contributed by atoms with van der Waals surface area (Å²) in [7, 11) is 0. The average molecular weight is 469 g/mol. The Kier molecular flexibility index (Phi) is 7.14. The molecule has 1 N–H and O–H groups in total. The summed E-state index contributed by atoms with van der Waals surface area (Å²) in [6.07, 6.45) is 1.62. The van der Waals surface area contributed by atoms with Gasteiger partial charge in [-0.2, -0.15) is 0 Å². The maximum atomic E-state index is 12.4. The van der Waals surface area contributed by atoms with Gasteiger partial charge >= 0.3 is 0 Å². The van der Waals surface area contributed by atoms with E-state index in [2.05, 4.69) is 15.5 Å². The Hall–Kier alpha value is -3.23. The van der Waals surface area contributed by atoms with E-state index >= 15 is 0 Å². The first-order valence-corrected chi connectivity index (χ1v) is 11.3. The molecule has 164 valence electrons. The van der Waals surface area contributed by atoms with E-state index in [0.29, 0.717) is 28.2 Å². The lowest BCUT2D eigenvalue weighted by Crippen LogP contribution is -2.15. The minimum absolute atomic E-state index is 0.151. The lowest BCUT2D eigenvalue weighted by molar-refractivity contribution is -0.113. The SMILES string of the molecule is Cc1ccc(OCc2nnc(SCC(=O)Nc3ccc(Cl)cc3)n2Cc2ccco2)cc1. The third-order valence-corrected chi connectivity index (χ3v) is 5.76. The van der Waals surface area contributed by atoms with Crippen molar-refractivity contribution < 1.29 is 13.9 Å². The molecule has 0 radical (unpaired) electrons. The van der Waals surface area contributed by atoms with Crippen LogP contribution in [-0.2, 0) is 17.9 Å². The van der Waals surface area contributed by atoms with Gasteiger partial charge in [-0.05, 0) is 55.5 Å². The number of aromatic nitrogens is 3. The molecule has 0 bridgehead atoms. The number of amides is 1. The van der Waals surface area contributed by atoms with Crippen LogP contribution in [0, 0.1) is 6.92 Å². The maximum absolute atomic E-state index is 12.4. The summed E-state index contributed by atoms with van der Waals surface area (Å²) in [5.41, 5.74) is 1.85. The Balaban J connectivity index is 1.43. The predicted molar refractivity (Wildman–Crippen MR) is 124 cm³/mol. The molecule has 2 aromatic carbocycles. The van der Waals surface area contributed by atoms with E-state index in [9.17, 15) is 4.79 Å². The van der Waals surface area contributed by atoms with Gasteiger partial charge < -0.3 is 14.5 Å². The smallest absolute Gasteiger partial charge is 0.234 e. The van der Waals surface area contributed by atoms with Gasteiger partial charge in [-0.3, -0.25) is 9.36 Å². The van der Waals surface area contributed by atoms with Gasteiger partial charge in [0.15, 0.2) is 11.0 Å². The highest BCUT2D eigenvalue weighted by Gasteiger charge is 2.16. The molecule has 0 saturated carbocycles. The van der Waals surface area contributed by atoms with Crippen molar-refractivity contribution in [2.45, 2.75) is 25.2 Å². The highest BCUT2D eigenvalue weighted by Crippen LogP contribution is 2.21. The van der Waals surface area contributed by atoms with E-state index in [-0.39, 0.29) is 18.3 Å². The van der Waals surface area contributed by atoms with Crippen LogP contribution in [0.4, 0.5) is 5.69 Å². The molecule has 0 fully saturated rings. The van der Waals surface area contributed by atoms with Crippen LogP contribution in [0.5, 0.6) is 5.75 Å². The van der Waals surface area contributed by atoms with Crippen molar-refractivity contribution in [3.05, 3.63) is 89.1 Å². The molecular formula is C23H21ClN4O3S. The number of carbonyl (C=O) groups excluding carboxylic acids is 1. The Morgan fingerprint density at radius 2 is 1.91 bits per heavy atom. The third kappa shape index (κ3) is 5.93. The summed E-state index contributed by atoms with van der Waals surface area (Å²) in [6.45, 7) is 2.71. The Labute approximate surface area is 194 Å². The van der Waals surface area contributed by atoms with E-state index in [1.165, 1.54) is 11.8 Å². The number of halogens is 1. The van der Waals surface area contributed by atoms with E-state index in [1.807, 2.05) is 47.9 Å².